The van der Waals surface area contributed by atoms with Crippen molar-refractivity contribution in [1.29, 1.82) is 0 Å². The Bertz CT molecular complexity index is 618. The summed E-state index contributed by atoms with van der Waals surface area (Å²) in [6.45, 7) is 1.43. The van der Waals surface area contributed by atoms with E-state index in [2.05, 4.69) is 5.32 Å². The number of halogens is 1. The summed E-state index contributed by atoms with van der Waals surface area (Å²) in [5, 5.41) is 3.50. The summed E-state index contributed by atoms with van der Waals surface area (Å²) in [5.74, 6) is 1.46. The number of ether oxygens (including phenoxy) is 1. The second kappa shape index (κ2) is 6.54. The molecule has 1 saturated heterocycles. The van der Waals surface area contributed by atoms with E-state index in [0.717, 1.165) is 30.7 Å². The van der Waals surface area contributed by atoms with Gasteiger partial charge in [0.2, 0.25) is 0 Å². The van der Waals surface area contributed by atoms with Gasteiger partial charge in [-0.2, -0.15) is 0 Å². The lowest BCUT2D eigenvalue weighted by Crippen LogP contribution is -2.32. The van der Waals surface area contributed by atoms with Crippen molar-refractivity contribution in [3.05, 3.63) is 29.6 Å². The van der Waals surface area contributed by atoms with Gasteiger partial charge in [-0.15, -0.1) is 0 Å². The second-order valence-electron chi connectivity index (χ2n) is 6.23. The van der Waals surface area contributed by atoms with Gasteiger partial charge in [-0.05, 0) is 56.3 Å². The van der Waals surface area contributed by atoms with Crippen molar-refractivity contribution in [1.82, 2.24) is 5.32 Å². The summed E-state index contributed by atoms with van der Waals surface area (Å²) in [6, 6.07) is 4.74. The maximum absolute atomic E-state index is 13.5. The first-order valence-electron chi connectivity index (χ1n) is 7.89. The SMILES string of the molecule is O=S1(=O)CCC(CN[C@H]2CCCOc3ccc(F)cc32)CC1. The van der Waals surface area contributed by atoms with E-state index in [-0.39, 0.29) is 11.9 Å². The summed E-state index contributed by atoms with van der Waals surface area (Å²) >= 11 is 0. The molecule has 1 N–H and O–H groups in total. The van der Waals surface area contributed by atoms with Crippen LogP contribution in [0.1, 0.15) is 37.3 Å². The number of hydrogen-bond donors (Lipinski definition) is 1. The zero-order valence-electron chi connectivity index (χ0n) is 12.6. The van der Waals surface area contributed by atoms with Gasteiger partial charge in [0.1, 0.15) is 21.4 Å². The van der Waals surface area contributed by atoms with Crippen molar-refractivity contribution in [3.8, 4) is 5.75 Å². The van der Waals surface area contributed by atoms with Crippen LogP contribution < -0.4 is 10.1 Å². The fourth-order valence-electron chi connectivity index (χ4n) is 3.21. The predicted molar refractivity (Wildman–Crippen MR) is 83.3 cm³/mol. The molecule has 1 aromatic carbocycles. The minimum atomic E-state index is -2.82. The molecule has 1 fully saturated rings. The van der Waals surface area contributed by atoms with Gasteiger partial charge in [0.05, 0.1) is 18.1 Å². The van der Waals surface area contributed by atoms with Crippen molar-refractivity contribution in [2.24, 2.45) is 5.92 Å². The lowest BCUT2D eigenvalue weighted by Gasteiger charge is -2.25. The Balaban J connectivity index is 1.64. The van der Waals surface area contributed by atoms with Crippen LogP contribution in [0.2, 0.25) is 0 Å². The second-order valence-corrected chi connectivity index (χ2v) is 8.53. The molecule has 0 aliphatic carbocycles. The minimum Gasteiger partial charge on any atom is -0.493 e. The van der Waals surface area contributed by atoms with Crippen molar-refractivity contribution < 1.29 is 17.5 Å². The van der Waals surface area contributed by atoms with Gasteiger partial charge in [0.25, 0.3) is 0 Å². The Kier molecular flexibility index (Phi) is 4.68. The average Bonchev–Trinajstić information content (AvgIpc) is 2.68. The first kappa shape index (κ1) is 15.7. The highest BCUT2D eigenvalue weighted by Gasteiger charge is 2.25. The summed E-state index contributed by atoms with van der Waals surface area (Å²) in [6.07, 6.45) is 3.26. The van der Waals surface area contributed by atoms with E-state index in [4.69, 9.17) is 4.74 Å². The lowest BCUT2D eigenvalue weighted by atomic mass is 9.98. The fourth-order valence-corrected chi connectivity index (χ4v) is 4.80. The molecule has 2 aliphatic rings. The van der Waals surface area contributed by atoms with Gasteiger partial charge in [0, 0.05) is 11.6 Å². The van der Waals surface area contributed by atoms with E-state index in [1.54, 1.807) is 12.1 Å². The molecule has 0 unspecified atom stereocenters. The Labute approximate surface area is 131 Å². The van der Waals surface area contributed by atoms with Gasteiger partial charge in [-0.25, -0.2) is 12.8 Å². The molecule has 6 heteroatoms. The zero-order valence-corrected chi connectivity index (χ0v) is 13.4. The highest BCUT2D eigenvalue weighted by atomic mass is 32.2. The third kappa shape index (κ3) is 3.79. The monoisotopic (exact) mass is 327 g/mol. The van der Waals surface area contributed by atoms with Crippen molar-refractivity contribution in [2.45, 2.75) is 31.7 Å². The Morgan fingerprint density at radius 1 is 1.23 bits per heavy atom. The summed E-state index contributed by atoms with van der Waals surface area (Å²) < 4.78 is 42.1. The van der Waals surface area contributed by atoms with Crippen LogP contribution in [0.3, 0.4) is 0 Å². The quantitative estimate of drug-likeness (QED) is 0.926. The average molecular weight is 327 g/mol. The van der Waals surface area contributed by atoms with Gasteiger partial charge in [0.15, 0.2) is 0 Å². The highest BCUT2D eigenvalue weighted by Crippen LogP contribution is 2.32. The molecule has 3 rings (SSSR count). The number of nitrogens with one attached hydrogen (secondary N) is 1. The summed E-state index contributed by atoms with van der Waals surface area (Å²) in [4.78, 5) is 0. The maximum Gasteiger partial charge on any atom is 0.150 e. The lowest BCUT2D eigenvalue weighted by molar-refractivity contribution is 0.314. The van der Waals surface area contributed by atoms with E-state index < -0.39 is 9.84 Å². The first-order chi connectivity index (χ1) is 10.5. The maximum atomic E-state index is 13.5. The molecule has 22 heavy (non-hydrogen) atoms. The van der Waals surface area contributed by atoms with Gasteiger partial charge >= 0.3 is 0 Å². The topological polar surface area (TPSA) is 55.4 Å². The van der Waals surface area contributed by atoms with E-state index in [1.165, 1.54) is 6.07 Å². The van der Waals surface area contributed by atoms with E-state index >= 15 is 0 Å². The Morgan fingerprint density at radius 2 is 2.00 bits per heavy atom. The summed E-state index contributed by atoms with van der Waals surface area (Å²) in [7, 11) is -2.82. The molecule has 0 bridgehead atoms. The third-order valence-electron chi connectivity index (χ3n) is 4.57. The Morgan fingerprint density at radius 3 is 2.77 bits per heavy atom. The molecule has 0 radical (unpaired) electrons. The minimum absolute atomic E-state index is 0.0757. The van der Waals surface area contributed by atoms with Crippen molar-refractivity contribution in [2.75, 3.05) is 24.7 Å². The van der Waals surface area contributed by atoms with Crippen LogP contribution in [0, 0.1) is 11.7 Å². The molecule has 1 aromatic rings. The van der Waals surface area contributed by atoms with Gasteiger partial charge in [-0.1, -0.05) is 0 Å². The van der Waals surface area contributed by atoms with Crippen molar-refractivity contribution >= 4 is 9.84 Å². The predicted octanol–water partition coefficient (Wildman–Crippen LogP) is 2.45. The number of rotatable bonds is 3. The Hall–Kier alpha value is -1.14. The van der Waals surface area contributed by atoms with Crippen LogP contribution >= 0.6 is 0 Å². The standard InChI is InChI=1S/C16H22FNO3S/c17-13-3-4-16-14(10-13)15(2-1-7-21-16)18-11-12-5-8-22(19,20)9-6-12/h3-4,10,12,15,18H,1-2,5-9,11H2/t15-/m0/s1. The number of hydrogen-bond acceptors (Lipinski definition) is 4. The highest BCUT2D eigenvalue weighted by molar-refractivity contribution is 7.91. The zero-order chi connectivity index (χ0) is 15.6. The van der Waals surface area contributed by atoms with Gasteiger partial charge in [-0.3, -0.25) is 0 Å². The van der Waals surface area contributed by atoms with Crippen molar-refractivity contribution in [3.63, 3.8) is 0 Å². The van der Waals surface area contributed by atoms with Gasteiger partial charge < -0.3 is 10.1 Å². The fraction of sp³-hybridized carbons (Fsp3) is 0.625. The number of fused-ring (bicyclic) bond motifs is 1. The molecule has 2 aliphatic heterocycles. The molecule has 1 atom stereocenters. The first-order valence-corrected chi connectivity index (χ1v) is 9.72. The van der Waals surface area contributed by atoms with E-state index in [9.17, 15) is 12.8 Å². The van der Waals surface area contributed by atoms with Crippen LogP contribution in [-0.4, -0.2) is 33.1 Å². The van der Waals surface area contributed by atoms with Crippen LogP contribution in [0.15, 0.2) is 18.2 Å². The molecule has 0 saturated carbocycles. The van der Waals surface area contributed by atoms with E-state index in [0.29, 0.717) is 36.9 Å². The van der Waals surface area contributed by atoms with Crippen LogP contribution in [0.5, 0.6) is 5.75 Å². The third-order valence-corrected chi connectivity index (χ3v) is 6.28. The van der Waals surface area contributed by atoms with Crippen LogP contribution in [-0.2, 0) is 9.84 Å². The molecule has 0 aromatic heterocycles. The number of benzene rings is 1. The van der Waals surface area contributed by atoms with Crippen LogP contribution in [0.4, 0.5) is 4.39 Å². The molecular formula is C16H22FNO3S. The molecule has 4 nitrogen and oxygen atoms in total. The summed E-state index contributed by atoms with van der Waals surface area (Å²) in [5.41, 5.74) is 0.876. The smallest absolute Gasteiger partial charge is 0.150 e. The molecular weight excluding hydrogens is 305 g/mol. The normalized spacial score (nSPS) is 25.0. The molecule has 2 heterocycles. The molecule has 0 spiro atoms. The van der Waals surface area contributed by atoms with Crippen LogP contribution in [0.25, 0.3) is 0 Å². The van der Waals surface area contributed by atoms with E-state index in [1.807, 2.05) is 0 Å². The molecule has 122 valence electrons. The molecule has 0 amide bonds. The largest absolute Gasteiger partial charge is 0.493 e. The number of sulfone groups is 1.